The molecule has 0 aromatic carbocycles. The Labute approximate surface area is 75.2 Å². The standard InChI is InChI=1S/C11H20O/c1-8-4-2-5-9-6-3-7-10(12)11(8)9/h8-12H,2-7H2,1H3/t8-,9-,10-,11+/m1/s1. The molecule has 2 fully saturated rings. The van der Waals surface area contributed by atoms with E-state index in [1.807, 2.05) is 0 Å². The molecule has 1 nitrogen and oxygen atoms in total. The van der Waals surface area contributed by atoms with Gasteiger partial charge in [0.1, 0.15) is 0 Å². The molecule has 4 atom stereocenters. The molecule has 2 aliphatic rings. The maximum absolute atomic E-state index is 9.87. The van der Waals surface area contributed by atoms with Crippen molar-refractivity contribution in [1.82, 2.24) is 0 Å². The highest BCUT2D eigenvalue weighted by atomic mass is 16.3. The van der Waals surface area contributed by atoms with Gasteiger partial charge in [-0.3, -0.25) is 0 Å². The molecule has 0 unspecified atom stereocenters. The van der Waals surface area contributed by atoms with Gasteiger partial charge in [0.2, 0.25) is 0 Å². The van der Waals surface area contributed by atoms with Crippen LogP contribution >= 0.6 is 0 Å². The van der Waals surface area contributed by atoms with Crippen LogP contribution in [0.15, 0.2) is 0 Å². The lowest BCUT2D eigenvalue weighted by Crippen LogP contribution is -2.39. The lowest BCUT2D eigenvalue weighted by atomic mass is 9.65. The topological polar surface area (TPSA) is 20.2 Å². The van der Waals surface area contributed by atoms with E-state index in [0.717, 1.165) is 18.3 Å². The van der Waals surface area contributed by atoms with Crippen LogP contribution in [0.1, 0.15) is 45.4 Å². The van der Waals surface area contributed by atoms with Crippen LogP contribution in [0.5, 0.6) is 0 Å². The Bertz CT molecular complexity index is 139. The molecule has 2 saturated carbocycles. The summed E-state index contributed by atoms with van der Waals surface area (Å²) in [6.07, 6.45) is 7.85. The summed E-state index contributed by atoms with van der Waals surface area (Å²) in [5.74, 6) is 2.28. The minimum absolute atomic E-state index is 0.0269. The average molecular weight is 168 g/mol. The summed E-state index contributed by atoms with van der Waals surface area (Å²) in [5.41, 5.74) is 0. The van der Waals surface area contributed by atoms with E-state index in [1.165, 1.54) is 32.1 Å². The van der Waals surface area contributed by atoms with Crippen LogP contribution in [0.3, 0.4) is 0 Å². The van der Waals surface area contributed by atoms with E-state index < -0.39 is 0 Å². The van der Waals surface area contributed by atoms with Gasteiger partial charge in [-0.1, -0.05) is 32.6 Å². The van der Waals surface area contributed by atoms with E-state index in [-0.39, 0.29) is 6.10 Å². The van der Waals surface area contributed by atoms with Crippen molar-refractivity contribution >= 4 is 0 Å². The van der Waals surface area contributed by atoms with Gasteiger partial charge in [0.25, 0.3) is 0 Å². The highest BCUT2D eigenvalue weighted by Crippen LogP contribution is 2.43. The van der Waals surface area contributed by atoms with Crippen molar-refractivity contribution < 1.29 is 5.11 Å². The molecule has 0 spiro atoms. The molecular formula is C11H20O. The van der Waals surface area contributed by atoms with Gasteiger partial charge in [-0.25, -0.2) is 0 Å². The maximum atomic E-state index is 9.87. The van der Waals surface area contributed by atoms with E-state index in [1.54, 1.807) is 0 Å². The summed E-state index contributed by atoms with van der Waals surface area (Å²) in [5, 5.41) is 9.87. The second kappa shape index (κ2) is 3.37. The molecule has 70 valence electrons. The SMILES string of the molecule is C[C@@H]1CCC[C@@H]2CCC[C@@H](O)[C@H]21. The molecule has 0 aliphatic heterocycles. The molecule has 1 N–H and O–H groups in total. The monoisotopic (exact) mass is 168 g/mol. The van der Waals surface area contributed by atoms with Crippen molar-refractivity contribution in [1.29, 1.82) is 0 Å². The lowest BCUT2D eigenvalue weighted by molar-refractivity contribution is -0.0188. The second-order valence-electron chi connectivity index (χ2n) is 4.74. The minimum Gasteiger partial charge on any atom is -0.393 e. The van der Waals surface area contributed by atoms with Crippen molar-refractivity contribution in [2.24, 2.45) is 17.8 Å². The first-order valence-electron chi connectivity index (χ1n) is 5.47. The number of hydrogen-bond acceptors (Lipinski definition) is 1. The van der Waals surface area contributed by atoms with Gasteiger partial charge in [0.05, 0.1) is 6.10 Å². The number of aliphatic hydroxyl groups excluding tert-OH is 1. The molecule has 0 saturated heterocycles. The highest BCUT2D eigenvalue weighted by Gasteiger charge is 2.37. The van der Waals surface area contributed by atoms with Gasteiger partial charge in [-0.2, -0.15) is 0 Å². The third-order valence-corrected chi connectivity index (χ3v) is 3.95. The van der Waals surface area contributed by atoms with Gasteiger partial charge in [0.15, 0.2) is 0 Å². The molecule has 1 heteroatoms. The fraction of sp³-hybridized carbons (Fsp3) is 1.00. The van der Waals surface area contributed by atoms with Crippen LogP contribution in [0.4, 0.5) is 0 Å². The van der Waals surface area contributed by atoms with Crippen molar-refractivity contribution in [3.63, 3.8) is 0 Å². The molecule has 0 aromatic heterocycles. The van der Waals surface area contributed by atoms with Crippen LogP contribution in [-0.2, 0) is 0 Å². The molecule has 0 bridgehead atoms. The third-order valence-electron chi connectivity index (χ3n) is 3.95. The summed E-state index contributed by atoms with van der Waals surface area (Å²) >= 11 is 0. The number of aliphatic hydroxyl groups is 1. The summed E-state index contributed by atoms with van der Waals surface area (Å²) in [7, 11) is 0. The van der Waals surface area contributed by atoms with E-state index in [9.17, 15) is 5.11 Å². The predicted molar refractivity (Wildman–Crippen MR) is 49.9 cm³/mol. The lowest BCUT2D eigenvalue weighted by Gasteiger charge is -2.43. The van der Waals surface area contributed by atoms with E-state index in [4.69, 9.17) is 0 Å². The zero-order valence-electron chi connectivity index (χ0n) is 8.00. The van der Waals surface area contributed by atoms with Crippen molar-refractivity contribution in [3.05, 3.63) is 0 Å². The van der Waals surface area contributed by atoms with Crippen LogP contribution in [-0.4, -0.2) is 11.2 Å². The zero-order chi connectivity index (χ0) is 8.55. The molecule has 0 radical (unpaired) electrons. The zero-order valence-corrected chi connectivity index (χ0v) is 8.00. The number of fused-ring (bicyclic) bond motifs is 1. The first-order chi connectivity index (χ1) is 5.79. The number of hydrogen-bond donors (Lipinski definition) is 1. The normalized spacial score (nSPS) is 48.5. The van der Waals surface area contributed by atoms with Crippen LogP contribution < -0.4 is 0 Å². The van der Waals surface area contributed by atoms with E-state index in [0.29, 0.717) is 5.92 Å². The van der Waals surface area contributed by atoms with Crippen molar-refractivity contribution in [2.75, 3.05) is 0 Å². The molecular weight excluding hydrogens is 148 g/mol. The molecule has 0 aromatic rings. The van der Waals surface area contributed by atoms with Gasteiger partial charge >= 0.3 is 0 Å². The number of rotatable bonds is 0. The Morgan fingerprint density at radius 1 is 1.00 bits per heavy atom. The Morgan fingerprint density at radius 3 is 2.33 bits per heavy atom. The Balaban J connectivity index is 2.07. The van der Waals surface area contributed by atoms with Crippen LogP contribution in [0.2, 0.25) is 0 Å². The fourth-order valence-electron chi connectivity index (χ4n) is 3.36. The van der Waals surface area contributed by atoms with E-state index >= 15 is 0 Å². The van der Waals surface area contributed by atoms with Crippen LogP contribution in [0, 0.1) is 17.8 Å². The smallest absolute Gasteiger partial charge is 0.0573 e. The average Bonchev–Trinajstić information content (AvgIpc) is 2.04. The summed E-state index contributed by atoms with van der Waals surface area (Å²) in [6, 6.07) is 0. The van der Waals surface area contributed by atoms with Gasteiger partial charge < -0.3 is 5.11 Å². The largest absolute Gasteiger partial charge is 0.393 e. The fourth-order valence-corrected chi connectivity index (χ4v) is 3.36. The molecule has 0 amide bonds. The van der Waals surface area contributed by atoms with Gasteiger partial charge in [0, 0.05) is 0 Å². The minimum atomic E-state index is 0.0269. The highest BCUT2D eigenvalue weighted by molar-refractivity contribution is 4.88. The Morgan fingerprint density at radius 2 is 1.67 bits per heavy atom. The molecule has 2 aliphatic carbocycles. The van der Waals surface area contributed by atoms with Crippen molar-refractivity contribution in [3.8, 4) is 0 Å². The quantitative estimate of drug-likeness (QED) is 0.589. The summed E-state index contributed by atoms with van der Waals surface area (Å²) < 4.78 is 0. The Kier molecular flexibility index (Phi) is 2.40. The first-order valence-corrected chi connectivity index (χ1v) is 5.47. The van der Waals surface area contributed by atoms with Crippen LogP contribution in [0.25, 0.3) is 0 Å². The summed E-state index contributed by atoms with van der Waals surface area (Å²) in [4.78, 5) is 0. The van der Waals surface area contributed by atoms with Gasteiger partial charge in [-0.15, -0.1) is 0 Å². The second-order valence-corrected chi connectivity index (χ2v) is 4.74. The van der Waals surface area contributed by atoms with Crippen molar-refractivity contribution in [2.45, 2.75) is 51.6 Å². The van der Waals surface area contributed by atoms with Gasteiger partial charge in [-0.05, 0) is 30.6 Å². The molecule has 12 heavy (non-hydrogen) atoms. The maximum Gasteiger partial charge on any atom is 0.0573 e. The molecule has 2 rings (SSSR count). The predicted octanol–water partition coefficient (Wildman–Crippen LogP) is 2.58. The first kappa shape index (κ1) is 8.55. The van der Waals surface area contributed by atoms with E-state index in [2.05, 4.69) is 6.92 Å². The third kappa shape index (κ3) is 1.39. The summed E-state index contributed by atoms with van der Waals surface area (Å²) in [6.45, 7) is 2.32. The molecule has 0 heterocycles. The Hall–Kier alpha value is -0.0400.